The number of hydrogen-bond donors (Lipinski definition) is 1. The van der Waals surface area contributed by atoms with Gasteiger partial charge in [0, 0.05) is 12.1 Å². The minimum Gasteiger partial charge on any atom is -0.352 e. The van der Waals surface area contributed by atoms with Crippen molar-refractivity contribution >= 4 is 5.91 Å². The van der Waals surface area contributed by atoms with Crippen LogP contribution in [0.5, 0.6) is 0 Å². The fourth-order valence-corrected chi connectivity index (χ4v) is 3.87. The molecule has 0 aromatic heterocycles. The third kappa shape index (κ3) is 16.2. The first-order chi connectivity index (χ1) is 14.3. The van der Waals surface area contributed by atoms with Gasteiger partial charge in [-0.15, -0.1) is 0 Å². The topological polar surface area (TPSA) is 29.1 Å². The Labute approximate surface area is 181 Å². The lowest BCUT2D eigenvalue weighted by Crippen LogP contribution is -2.24. The van der Waals surface area contributed by atoms with Gasteiger partial charge in [-0.05, 0) is 24.6 Å². The van der Waals surface area contributed by atoms with Gasteiger partial charge in [-0.1, -0.05) is 128 Å². The van der Waals surface area contributed by atoms with Crippen LogP contribution in [0.3, 0.4) is 0 Å². The summed E-state index contributed by atoms with van der Waals surface area (Å²) in [6.07, 6.45) is 25.0. The van der Waals surface area contributed by atoms with Crippen molar-refractivity contribution in [1.29, 1.82) is 0 Å². The maximum Gasteiger partial charge on any atom is 0.251 e. The molecular weight excluding hydrogens is 354 g/mol. The first-order valence-corrected chi connectivity index (χ1v) is 12.6. The average Bonchev–Trinajstić information content (AvgIpc) is 2.75. The van der Waals surface area contributed by atoms with Crippen LogP contribution in [0.25, 0.3) is 0 Å². The van der Waals surface area contributed by atoms with Crippen LogP contribution in [-0.4, -0.2) is 12.5 Å². The van der Waals surface area contributed by atoms with Crippen LogP contribution >= 0.6 is 0 Å². The lowest BCUT2D eigenvalue weighted by molar-refractivity contribution is 0.0953. The second kappa shape index (κ2) is 20.0. The van der Waals surface area contributed by atoms with Crippen LogP contribution in [0.2, 0.25) is 0 Å². The summed E-state index contributed by atoms with van der Waals surface area (Å²) in [5.74, 6) is 0.0333. The van der Waals surface area contributed by atoms with E-state index >= 15 is 0 Å². The van der Waals surface area contributed by atoms with Gasteiger partial charge in [-0.25, -0.2) is 0 Å². The van der Waals surface area contributed by atoms with E-state index < -0.39 is 0 Å². The summed E-state index contributed by atoms with van der Waals surface area (Å²) in [7, 11) is 0. The Morgan fingerprint density at radius 1 is 0.655 bits per heavy atom. The Balaban J connectivity index is 1.72. The molecule has 0 saturated carbocycles. The standard InChI is InChI=1S/C27H46NO/c1-2-3-4-5-6-7-8-9-10-11-12-13-14-15-16-17-18-22-25-28-27(29)26-23-20-19-21-24-26/h20-21,23-24H,2-18,22,25H2,1H3,(H,28,29). The number of amides is 1. The highest BCUT2D eigenvalue weighted by Crippen LogP contribution is 2.14. The monoisotopic (exact) mass is 400 g/mol. The van der Waals surface area contributed by atoms with E-state index in [-0.39, 0.29) is 5.91 Å². The molecule has 1 aromatic carbocycles. The van der Waals surface area contributed by atoms with Gasteiger partial charge in [0.15, 0.2) is 0 Å². The Kier molecular flexibility index (Phi) is 17.7. The van der Waals surface area contributed by atoms with Gasteiger partial charge in [0.05, 0.1) is 0 Å². The zero-order valence-electron chi connectivity index (χ0n) is 19.2. The molecule has 165 valence electrons. The second-order valence-corrected chi connectivity index (χ2v) is 8.55. The molecule has 0 atom stereocenters. The van der Waals surface area contributed by atoms with Crippen molar-refractivity contribution in [2.75, 3.05) is 6.54 Å². The summed E-state index contributed by atoms with van der Waals surface area (Å²) < 4.78 is 0. The van der Waals surface area contributed by atoms with Crippen molar-refractivity contribution in [2.45, 2.75) is 122 Å². The molecule has 0 bridgehead atoms. The third-order valence-electron chi connectivity index (χ3n) is 5.80. The molecule has 1 rings (SSSR count). The number of rotatable bonds is 20. The highest BCUT2D eigenvalue weighted by Gasteiger charge is 2.02. The van der Waals surface area contributed by atoms with E-state index in [9.17, 15) is 4.79 Å². The molecular formula is C27H46NO. The van der Waals surface area contributed by atoms with E-state index in [1.54, 1.807) is 12.1 Å². The fraction of sp³-hybridized carbons (Fsp3) is 0.741. The van der Waals surface area contributed by atoms with Crippen LogP contribution < -0.4 is 5.32 Å². The van der Waals surface area contributed by atoms with E-state index in [1.807, 2.05) is 12.1 Å². The van der Waals surface area contributed by atoms with Gasteiger partial charge in [-0.3, -0.25) is 4.79 Å². The van der Waals surface area contributed by atoms with Crippen molar-refractivity contribution < 1.29 is 4.79 Å². The number of benzene rings is 1. The van der Waals surface area contributed by atoms with E-state index in [4.69, 9.17) is 0 Å². The lowest BCUT2D eigenvalue weighted by Gasteiger charge is -2.05. The van der Waals surface area contributed by atoms with Gasteiger partial charge in [0.1, 0.15) is 0 Å². The predicted octanol–water partition coefficient (Wildman–Crippen LogP) is 8.26. The van der Waals surface area contributed by atoms with Gasteiger partial charge in [0.2, 0.25) is 0 Å². The molecule has 0 aliphatic heterocycles. The summed E-state index contributed by atoms with van der Waals surface area (Å²) in [6.45, 7) is 3.08. The molecule has 1 aromatic rings. The average molecular weight is 401 g/mol. The van der Waals surface area contributed by atoms with Crippen LogP contribution in [0.15, 0.2) is 24.3 Å². The molecule has 0 spiro atoms. The maximum absolute atomic E-state index is 11.9. The van der Waals surface area contributed by atoms with Crippen molar-refractivity contribution in [3.8, 4) is 0 Å². The quantitative estimate of drug-likeness (QED) is 0.219. The van der Waals surface area contributed by atoms with E-state index in [1.165, 1.54) is 109 Å². The molecule has 1 amide bonds. The Hall–Kier alpha value is -1.31. The van der Waals surface area contributed by atoms with E-state index in [0.29, 0.717) is 0 Å². The summed E-state index contributed by atoms with van der Waals surface area (Å²) in [5.41, 5.74) is 0.728. The first kappa shape index (κ1) is 25.7. The maximum atomic E-state index is 11.9. The summed E-state index contributed by atoms with van der Waals surface area (Å²) in [4.78, 5) is 11.9. The molecule has 2 nitrogen and oxygen atoms in total. The zero-order valence-corrected chi connectivity index (χ0v) is 19.2. The molecule has 1 radical (unpaired) electrons. The smallest absolute Gasteiger partial charge is 0.251 e. The van der Waals surface area contributed by atoms with Crippen molar-refractivity contribution in [2.24, 2.45) is 0 Å². The first-order valence-electron chi connectivity index (χ1n) is 12.6. The van der Waals surface area contributed by atoms with Gasteiger partial charge in [0.25, 0.3) is 5.91 Å². The van der Waals surface area contributed by atoms with Crippen molar-refractivity contribution in [3.63, 3.8) is 0 Å². The molecule has 29 heavy (non-hydrogen) atoms. The number of nitrogens with one attached hydrogen (secondary N) is 1. The largest absolute Gasteiger partial charge is 0.352 e. The van der Waals surface area contributed by atoms with Crippen LogP contribution in [0, 0.1) is 6.07 Å². The predicted molar refractivity (Wildman–Crippen MR) is 126 cm³/mol. The summed E-state index contributed by atoms with van der Waals surface area (Å²) in [6, 6.07) is 10.1. The number of carbonyl (C=O) groups is 1. The Bertz CT molecular complexity index is 471. The molecule has 0 fully saturated rings. The molecule has 0 aliphatic carbocycles. The molecule has 0 heterocycles. The van der Waals surface area contributed by atoms with Gasteiger partial charge >= 0.3 is 0 Å². The van der Waals surface area contributed by atoms with Crippen LogP contribution in [-0.2, 0) is 0 Å². The number of unbranched alkanes of at least 4 members (excludes halogenated alkanes) is 17. The Morgan fingerprint density at radius 2 is 1.03 bits per heavy atom. The highest BCUT2D eigenvalue weighted by atomic mass is 16.1. The molecule has 2 heteroatoms. The van der Waals surface area contributed by atoms with Crippen molar-refractivity contribution in [3.05, 3.63) is 35.9 Å². The second-order valence-electron chi connectivity index (χ2n) is 8.55. The van der Waals surface area contributed by atoms with Gasteiger partial charge < -0.3 is 5.32 Å². The Morgan fingerprint density at radius 3 is 1.45 bits per heavy atom. The third-order valence-corrected chi connectivity index (χ3v) is 5.80. The minimum atomic E-state index is 0.0333. The highest BCUT2D eigenvalue weighted by molar-refractivity contribution is 5.94. The van der Waals surface area contributed by atoms with Gasteiger partial charge in [-0.2, -0.15) is 0 Å². The molecule has 0 aliphatic rings. The molecule has 1 N–H and O–H groups in total. The van der Waals surface area contributed by atoms with Crippen LogP contribution in [0.4, 0.5) is 0 Å². The zero-order chi connectivity index (χ0) is 20.8. The van der Waals surface area contributed by atoms with E-state index in [2.05, 4.69) is 18.3 Å². The summed E-state index contributed by atoms with van der Waals surface area (Å²) in [5, 5.41) is 3.00. The minimum absolute atomic E-state index is 0.0333. The SMILES string of the molecule is CCCCCCCCCCCCCCCCCCCCNC(=O)c1cc[c]cc1. The molecule has 0 saturated heterocycles. The number of carbonyl (C=O) groups excluding carboxylic acids is 1. The van der Waals surface area contributed by atoms with E-state index in [0.717, 1.165) is 18.5 Å². The number of hydrogen-bond acceptors (Lipinski definition) is 1. The van der Waals surface area contributed by atoms with Crippen molar-refractivity contribution in [1.82, 2.24) is 5.32 Å². The fourth-order valence-electron chi connectivity index (χ4n) is 3.87. The van der Waals surface area contributed by atoms with Crippen LogP contribution in [0.1, 0.15) is 133 Å². The summed E-state index contributed by atoms with van der Waals surface area (Å²) >= 11 is 0. The molecule has 0 unspecified atom stereocenters. The normalized spacial score (nSPS) is 10.9. The lowest BCUT2D eigenvalue weighted by atomic mass is 10.0.